The number of aryl methyl sites for hydroxylation is 2. The second-order valence-electron chi connectivity index (χ2n) is 8.14. The minimum absolute atomic E-state index is 0.0119. The normalized spacial score (nSPS) is 12.0. The first-order valence-corrected chi connectivity index (χ1v) is 11.6. The first-order valence-electron chi connectivity index (χ1n) is 11.2. The zero-order chi connectivity index (χ0) is 23.2. The minimum Gasteiger partial charge on any atom is -0.492 e. The number of para-hydroxylation sites is 2. The average molecular weight is 462 g/mol. The predicted molar refractivity (Wildman–Crippen MR) is 133 cm³/mol. The molecule has 170 valence electrons. The zero-order valence-electron chi connectivity index (χ0n) is 18.9. The molecule has 1 heterocycles. The third kappa shape index (κ3) is 5.74. The Kier molecular flexibility index (Phi) is 7.30. The predicted octanol–water partition coefficient (Wildman–Crippen LogP) is 5.89. The summed E-state index contributed by atoms with van der Waals surface area (Å²) in [6, 6.07) is 23.5. The number of aromatic nitrogens is 2. The van der Waals surface area contributed by atoms with Crippen molar-refractivity contribution in [2.24, 2.45) is 0 Å². The Morgan fingerprint density at radius 1 is 1.09 bits per heavy atom. The number of nitrogens with zero attached hydrogens (tertiary/aromatic N) is 2. The molecule has 0 aliphatic heterocycles. The van der Waals surface area contributed by atoms with Gasteiger partial charge in [0.1, 0.15) is 18.2 Å². The Morgan fingerprint density at radius 2 is 1.85 bits per heavy atom. The van der Waals surface area contributed by atoms with Gasteiger partial charge in [0, 0.05) is 11.4 Å². The Morgan fingerprint density at radius 3 is 2.64 bits per heavy atom. The van der Waals surface area contributed by atoms with Gasteiger partial charge >= 0.3 is 0 Å². The van der Waals surface area contributed by atoms with Crippen molar-refractivity contribution in [2.75, 3.05) is 6.61 Å². The maximum absolute atomic E-state index is 12.6. The van der Waals surface area contributed by atoms with Crippen molar-refractivity contribution in [1.29, 1.82) is 0 Å². The fourth-order valence-corrected chi connectivity index (χ4v) is 4.02. The number of ether oxygens (including phenoxy) is 1. The lowest BCUT2D eigenvalue weighted by atomic mass is 10.1. The standard InChI is InChI=1S/C27H28ClN3O2/c1-19-18-22(13-14-23(19)28)33-17-16-31-25-11-7-6-10-24(25)30-27(31)20(2)29-26(32)15-12-21-8-4-3-5-9-21/h3-11,13-14,18,20H,12,15-17H2,1-2H3,(H,29,32). The highest BCUT2D eigenvalue weighted by Gasteiger charge is 2.18. The molecule has 1 N–H and O–H groups in total. The Hall–Kier alpha value is -3.31. The SMILES string of the molecule is Cc1cc(OCCn2c(C(C)NC(=O)CCc3ccccc3)nc3ccccc32)ccc1Cl. The van der Waals surface area contributed by atoms with Gasteiger partial charge in [-0.25, -0.2) is 4.98 Å². The fraction of sp³-hybridized carbons (Fsp3) is 0.259. The van der Waals surface area contributed by atoms with E-state index in [-0.39, 0.29) is 11.9 Å². The third-order valence-corrected chi connectivity index (χ3v) is 6.07. The molecule has 0 saturated carbocycles. The van der Waals surface area contributed by atoms with Crippen molar-refractivity contribution in [3.63, 3.8) is 0 Å². The molecule has 6 heteroatoms. The van der Waals surface area contributed by atoms with Gasteiger partial charge in [-0.15, -0.1) is 0 Å². The molecule has 1 unspecified atom stereocenters. The van der Waals surface area contributed by atoms with Crippen molar-refractivity contribution < 1.29 is 9.53 Å². The van der Waals surface area contributed by atoms with Crippen LogP contribution in [0.4, 0.5) is 0 Å². The van der Waals surface area contributed by atoms with Crippen LogP contribution in [-0.2, 0) is 17.8 Å². The molecule has 0 aliphatic carbocycles. The summed E-state index contributed by atoms with van der Waals surface area (Å²) in [6.45, 7) is 5.02. The van der Waals surface area contributed by atoms with E-state index < -0.39 is 0 Å². The molecule has 4 rings (SSSR count). The Balaban J connectivity index is 1.44. The lowest BCUT2D eigenvalue weighted by Crippen LogP contribution is -2.29. The summed E-state index contributed by atoms with van der Waals surface area (Å²) in [4.78, 5) is 17.4. The van der Waals surface area contributed by atoms with E-state index in [0.717, 1.165) is 38.8 Å². The smallest absolute Gasteiger partial charge is 0.220 e. The van der Waals surface area contributed by atoms with E-state index in [1.165, 1.54) is 0 Å². The summed E-state index contributed by atoms with van der Waals surface area (Å²) in [7, 11) is 0. The highest BCUT2D eigenvalue weighted by Crippen LogP contribution is 2.23. The summed E-state index contributed by atoms with van der Waals surface area (Å²) in [6.07, 6.45) is 1.15. The summed E-state index contributed by atoms with van der Waals surface area (Å²) in [5.74, 6) is 1.61. The van der Waals surface area contributed by atoms with E-state index in [2.05, 4.69) is 9.88 Å². The molecule has 1 aromatic heterocycles. The Labute approximate surface area is 199 Å². The summed E-state index contributed by atoms with van der Waals surface area (Å²) in [5.41, 5.74) is 4.06. The number of imidazole rings is 1. The maximum Gasteiger partial charge on any atom is 0.220 e. The lowest BCUT2D eigenvalue weighted by molar-refractivity contribution is -0.121. The monoisotopic (exact) mass is 461 g/mol. The number of amides is 1. The lowest BCUT2D eigenvalue weighted by Gasteiger charge is -2.17. The van der Waals surface area contributed by atoms with Crippen LogP contribution in [0.25, 0.3) is 11.0 Å². The van der Waals surface area contributed by atoms with Gasteiger partial charge in [-0.2, -0.15) is 0 Å². The fourth-order valence-electron chi connectivity index (χ4n) is 3.90. The molecule has 1 amide bonds. The van der Waals surface area contributed by atoms with E-state index in [1.54, 1.807) is 0 Å². The van der Waals surface area contributed by atoms with Crippen LogP contribution < -0.4 is 10.1 Å². The second-order valence-corrected chi connectivity index (χ2v) is 8.55. The molecule has 0 spiro atoms. The molecular formula is C27H28ClN3O2. The quantitative estimate of drug-likeness (QED) is 0.338. The van der Waals surface area contributed by atoms with E-state index in [0.29, 0.717) is 26.0 Å². The van der Waals surface area contributed by atoms with Gasteiger partial charge in [0.2, 0.25) is 5.91 Å². The van der Waals surface area contributed by atoms with Gasteiger partial charge in [-0.1, -0.05) is 54.1 Å². The Bertz CT molecular complexity index is 1240. The van der Waals surface area contributed by atoms with Gasteiger partial charge in [0.05, 0.1) is 23.6 Å². The molecule has 0 fully saturated rings. The van der Waals surface area contributed by atoms with E-state index in [9.17, 15) is 4.79 Å². The van der Waals surface area contributed by atoms with Crippen molar-refractivity contribution in [1.82, 2.24) is 14.9 Å². The van der Waals surface area contributed by atoms with Crippen LogP contribution in [0.2, 0.25) is 5.02 Å². The van der Waals surface area contributed by atoms with Crippen LogP contribution in [0.1, 0.15) is 36.3 Å². The van der Waals surface area contributed by atoms with Crippen LogP contribution in [0.3, 0.4) is 0 Å². The van der Waals surface area contributed by atoms with E-state index in [4.69, 9.17) is 21.3 Å². The van der Waals surface area contributed by atoms with Crippen LogP contribution in [0.5, 0.6) is 5.75 Å². The van der Waals surface area contributed by atoms with E-state index >= 15 is 0 Å². The number of nitrogens with one attached hydrogen (secondary N) is 1. The second kappa shape index (κ2) is 10.5. The van der Waals surface area contributed by atoms with Gasteiger partial charge in [0.15, 0.2) is 0 Å². The number of hydrogen-bond acceptors (Lipinski definition) is 3. The van der Waals surface area contributed by atoms with Gasteiger partial charge in [-0.3, -0.25) is 4.79 Å². The summed E-state index contributed by atoms with van der Waals surface area (Å²) < 4.78 is 8.10. The number of carbonyl (C=O) groups is 1. The molecule has 0 bridgehead atoms. The highest BCUT2D eigenvalue weighted by molar-refractivity contribution is 6.31. The average Bonchev–Trinajstić information content (AvgIpc) is 3.19. The molecule has 3 aromatic carbocycles. The summed E-state index contributed by atoms with van der Waals surface area (Å²) in [5, 5.41) is 3.84. The summed E-state index contributed by atoms with van der Waals surface area (Å²) >= 11 is 6.11. The molecule has 1 atom stereocenters. The maximum atomic E-state index is 12.6. The molecule has 4 aromatic rings. The topological polar surface area (TPSA) is 56.1 Å². The van der Waals surface area contributed by atoms with E-state index in [1.807, 2.05) is 86.6 Å². The highest BCUT2D eigenvalue weighted by atomic mass is 35.5. The number of carbonyl (C=O) groups excluding carboxylic acids is 1. The van der Waals surface area contributed by atoms with Crippen LogP contribution in [0.15, 0.2) is 72.8 Å². The largest absolute Gasteiger partial charge is 0.492 e. The van der Waals surface area contributed by atoms with Crippen LogP contribution in [-0.4, -0.2) is 22.1 Å². The van der Waals surface area contributed by atoms with Crippen molar-refractivity contribution >= 4 is 28.5 Å². The number of rotatable bonds is 9. The molecular weight excluding hydrogens is 434 g/mol. The van der Waals surface area contributed by atoms with Crippen molar-refractivity contribution in [3.05, 3.63) is 94.8 Å². The van der Waals surface area contributed by atoms with Gasteiger partial charge < -0.3 is 14.6 Å². The van der Waals surface area contributed by atoms with Crippen LogP contribution >= 0.6 is 11.6 Å². The minimum atomic E-state index is -0.224. The molecule has 5 nitrogen and oxygen atoms in total. The molecule has 33 heavy (non-hydrogen) atoms. The van der Waals surface area contributed by atoms with Gasteiger partial charge in [-0.05, 0) is 61.7 Å². The molecule has 0 aliphatic rings. The van der Waals surface area contributed by atoms with Crippen molar-refractivity contribution in [2.45, 2.75) is 39.3 Å². The number of fused-ring (bicyclic) bond motifs is 1. The number of halogens is 1. The van der Waals surface area contributed by atoms with Crippen LogP contribution in [0, 0.1) is 6.92 Å². The number of benzene rings is 3. The first-order chi connectivity index (χ1) is 16.0. The first kappa shape index (κ1) is 22.9. The molecule has 0 radical (unpaired) electrons. The van der Waals surface area contributed by atoms with Crippen molar-refractivity contribution in [3.8, 4) is 5.75 Å². The third-order valence-electron chi connectivity index (χ3n) is 5.65. The zero-order valence-corrected chi connectivity index (χ0v) is 19.7. The van der Waals surface area contributed by atoms with Gasteiger partial charge in [0.25, 0.3) is 0 Å². The number of hydrogen-bond donors (Lipinski definition) is 1. The molecule has 0 saturated heterocycles.